The highest BCUT2D eigenvalue weighted by molar-refractivity contribution is 8.01. The van der Waals surface area contributed by atoms with Gasteiger partial charge in [0, 0.05) is 41.7 Å². The molecule has 0 bridgehead atoms. The van der Waals surface area contributed by atoms with E-state index in [0.717, 1.165) is 30.9 Å². The van der Waals surface area contributed by atoms with E-state index in [0.29, 0.717) is 31.2 Å². The van der Waals surface area contributed by atoms with Gasteiger partial charge in [0.05, 0.1) is 30.2 Å². The summed E-state index contributed by atoms with van der Waals surface area (Å²) in [5.74, 6) is 0.553. The number of benzene rings is 1. The van der Waals surface area contributed by atoms with Crippen molar-refractivity contribution < 1.29 is 9.53 Å². The third kappa shape index (κ3) is 3.56. The minimum atomic E-state index is -0.109. The Balaban J connectivity index is 1.48. The fourth-order valence-corrected chi connectivity index (χ4v) is 5.41. The second-order valence-electron chi connectivity index (χ2n) is 8.20. The number of amides is 1. The topological polar surface area (TPSA) is 69.2 Å². The lowest BCUT2D eigenvalue weighted by atomic mass is 10.0. The number of nitrogens with zero attached hydrogens (tertiary/aromatic N) is 3. The van der Waals surface area contributed by atoms with Crippen LogP contribution in [-0.2, 0) is 16.0 Å². The van der Waals surface area contributed by atoms with Crippen LogP contribution in [0.2, 0.25) is 0 Å². The maximum Gasteiger partial charge on any atom is 0.256 e. The van der Waals surface area contributed by atoms with Crippen molar-refractivity contribution in [2.75, 3.05) is 43.1 Å². The molecule has 1 aromatic rings. The van der Waals surface area contributed by atoms with Crippen molar-refractivity contribution in [2.45, 2.75) is 29.9 Å². The van der Waals surface area contributed by atoms with E-state index in [1.807, 2.05) is 24.0 Å². The number of hydrazine groups is 1. The van der Waals surface area contributed by atoms with E-state index < -0.39 is 0 Å². The van der Waals surface area contributed by atoms with Gasteiger partial charge in [0.1, 0.15) is 0 Å². The van der Waals surface area contributed by atoms with Crippen LogP contribution in [-0.4, -0.2) is 54.7 Å². The van der Waals surface area contributed by atoms with E-state index in [4.69, 9.17) is 4.74 Å². The van der Waals surface area contributed by atoms with E-state index in [9.17, 15) is 4.79 Å². The second kappa shape index (κ2) is 7.19. The monoisotopic (exact) mass is 411 g/mol. The van der Waals surface area contributed by atoms with Gasteiger partial charge in [-0.25, -0.2) is 10.4 Å². The van der Waals surface area contributed by atoms with Gasteiger partial charge in [-0.15, -0.1) is 11.8 Å². The van der Waals surface area contributed by atoms with Crippen LogP contribution in [0.5, 0.6) is 0 Å². The number of thioether (sulfide) groups is 1. The highest BCUT2D eigenvalue weighted by atomic mass is 32.2. The molecule has 8 heteroatoms. The Morgan fingerprint density at radius 3 is 2.97 bits per heavy atom. The van der Waals surface area contributed by atoms with Crippen LogP contribution in [0, 0.1) is 0 Å². The molecule has 1 saturated heterocycles. The number of nitrogens with one attached hydrogen (secondary N) is 2. The normalized spacial score (nSPS) is 22.1. The van der Waals surface area contributed by atoms with E-state index in [1.165, 1.54) is 10.5 Å². The van der Waals surface area contributed by atoms with Crippen LogP contribution >= 0.6 is 11.8 Å². The molecule has 4 aliphatic rings. The molecule has 0 aliphatic carbocycles. The summed E-state index contributed by atoms with van der Waals surface area (Å²) in [6, 6.07) is 4.41. The molecule has 152 valence electrons. The molecule has 4 aliphatic heterocycles. The lowest BCUT2D eigenvalue weighted by molar-refractivity contribution is -0.112. The SMILES string of the molecule is CC1(C)Cc2cc(NC(=O)C3=C4N=CC=CN4NC3)c(N3CCOCC3)cc2S1. The standard InChI is InChI=1S/C21H25N5O2S/c1-21(2)12-14-10-16(17(11-18(14)29-21)25-6-8-28-9-7-25)24-20(27)15-13-23-26-5-3-4-22-19(15)26/h3-5,10-11,23H,6-9,12-13H2,1-2H3,(H,24,27). The molecule has 5 rings (SSSR count). The lowest BCUT2D eigenvalue weighted by Gasteiger charge is -2.31. The van der Waals surface area contributed by atoms with Crippen molar-refractivity contribution in [3.05, 3.63) is 41.4 Å². The minimum Gasteiger partial charge on any atom is -0.378 e. The molecule has 1 fully saturated rings. The van der Waals surface area contributed by atoms with E-state index in [2.05, 4.69) is 46.6 Å². The largest absolute Gasteiger partial charge is 0.378 e. The van der Waals surface area contributed by atoms with Gasteiger partial charge in [0.2, 0.25) is 0 Å². The first-order valence-electron chi connectivity index (χ1n) is 9.97. The molecule has 29 heavy (non-hydrogen) atoms. The zero-order valence-electron chi connectivity index (χ0n) is 16.7. The molecule has 7 nitrogen and oxygen atoms in total. The number of carbonyl (C=O) groups is 1. The van der Waals surface area contributed by atoms with Crippen molar-refractivity contribution in [1.29, 1.82) is 0 Å². The molecule has 0 spiro atoms. The highest BCUT2D eigenvalue weighted by Gasteiger charge is 2.32. The van der Waals surface area contributed by atoms with Gasteiger partial charge in [-0.05, 0) is 30.2 Å². The predicted molar refractivity (Wildman–Crippen MR) is 116 cm³/mol. The van der Waals surface area contributed by atoms with Crippen LogP contribution in [0.1, 0.15) is 19.4 Å². The fourth-order valence-electron chi connectivity index (χ4n) is 4.15. The molecule has 2 N–H and O–H groups in total. The third-order valence-corrected chi connectivity index (χ3v) is 6.79. The average Bonchev–Trinajstić information content (AvgIpc) is 3.27. The summed E-state index contributed by atoms with van der Waals surface area (Å²) in [4.78, 5) is 21.1. The van der Waals surface area contributed by atoms with Crippen LogP contribution in [0.15, 0.2) is 45.7 Å². The molecule has 0 unspecified atom stereocenters. The number of fused-ring (bicyclic) bond motifs is 2. The minimum absolute atomic E-state index is 0.109. The lowest BCUT2D eigenvalue weighted by Crippen LogP contribution is -2.37. The number of hydrogen-bond donors (Lipinski definition) is 2. The number of carbonyl (C=O) groups excluding carboxylic acids is 1. The van der Waals surface area contributed by atoms with Gasteiger partial charge in [-0.1, -0.05) is 13.8 Å². The van der Waals surface area contributed by atoms with Crippen molar-refractivity contribution in [3.63, 3.8) is 0 Å². The summed E-state index contributed by atoms with van der Waals surface area (Å²) in [5, 5.41) is 4.98. The Morgan fingerprint density at radius 1 is 1.31 bits per heavy atom. The van der Waals surface area contributed by atoms with Crippen molar-refractivity contribution in [2.24, 2.45) is 4.99 Å². The molecular formula is C21H25N5O2S. The fraction of sp³-hybridized carbons (Fsp3) is 0.429. The summed E-state index contributed by atoms with van der Waals surface area (Å²) in [6.07, 6.45) is 6.42. The van der Waals surface area contributed by atoms with Gasteiger partial charge in [-0.2, -0.15) is 0 Å². The first kappa shape index (κ1) is 18.7. The molecule has 1 aromatic carbocycles. The van der Waals surface area contributed by atoms with E-state index >= 15 is 0 Å². The number of anilines is 2. The second-order valence-corrected chi connectivity index (χ2v) is 9.95. The van der Waals surface area contributed by atoms with Gasteiger partial charge in [0.15, 0.2) is 5.82 Å². The average molecular weight is 412 g/mol. The molecule has 0 radical (unpaired) electrons. The summed E-state index contributed by atoms with van der Waals surface area (Å²) in [5.41, 5.74) is 7.07. The van der Waals surface area contributed by atoms with Crippen LogP contribution in [0.4, 0.5) is 11.4 Å². The Bertz CT molecular complexity index is 947. The maximum atomic E-state index is 13.2. The number of aliphatic imine (C=N–C) groups is 1. The van der Waals surface area contributed by atoms with E-state index in [1.54, 1.807) is 11.2 Å². The Morgan fingerprint density at radius 2 is 2.14 bits per heavy atom. The van der Waals surface area contributed by atoms with E-state index in [-0.39, 0.29) is 10.7 Å². The molecule has 0 atom stereocenters. The first-order valence-corrected chi connectivity index (χ1v) is 10.8. The van der Waals surface area contributed by atoms with Gasteiger partial charge < -0.3 is 15.0 Å². The van der Waals surface area contributed by atoms with Gasteiger partial charge in [-0.3, -0.25) is 9.80 Å². The Kier molecular flexibility index (Phi) is 4.64. The quantitative estimate of drug-likeness (QED) is 0.797. The first-order chi connectivity index (χ1) is 14.0. The van der Waals surface area contributed by atoms with Gasteiger partial charge in [0.25, 0.3) is 5.91 Å². The van der Waals surface area contributed by atoms with Crippen molar-refractivity contribution in [3.8, 4) is 0 Å². The molecule has 4 heterocycles. The molecule has 0 aromatic heterocycles. The van der Waals surface area contributed by atoms with Crippen molar-refractivity contribution in [1.82, 2.24) is 10.4 Å². The Hall–Kier alpha value is -2.29. The number of rotatable bonds is 3. The van der Waals surface area contributed by atoms with Crippen LogP contribution in [0.3, 0.4) is 0 Å². The number of hydrogen-bond acceptors (Lipinski definition) is 7. The third-order valence-electron chi connectivity index (χ3n) is 5.50. The van der Waals surface area contributed by atoms with Gasteiger partial charge >= 0.3 is 0 Å². The summed E-state index contributed by atoms with van der Waals surface area (Å²) in [7, 11) is 0. The highest BCUT2D eigenvalue weighted by Crippen LogP contribution is 2.48. The molecular weight excluding hydrogens is 386 g/mol. The number of morpholine rings is 1. The zero-order chi connectivity index (χ0) is 20.0. The summed E-state index contributed by atoms with van der Waals surface area (Å²) in [6.45, 7) is 8.07. The van der Waals surface area contributed by atoms with Crippen LogP contribution < -0.4 is 15.6 Å². The zero-order valence-corrected chi connectivity index (χ0v) is 17.5. The number of ether oxygens (including phenoxy) is 1. The smallest absolute Gasteiger partial charge is 0.256 e. The van der Waals surface area contributed by atoms with Crippen molar-refractivity contribution >= 4 is 35.3 Å². The molecule has 0 saturated carbocycles. The Labute approximate surface area is 174 Å². The summed E-state index contributed by atoms with van der Waals surface area (Å²) >= 11 is 1.92. The molecule has 1 amide bonds. The predicted octanol–water partition coefficient (Wildman–Crippen LogP) is 2.52. The van der Waals surface area contributed by atoms with Crippen LogP contribution in [0.25, 0.3) is 0 Å². The number of allylic oxidation sites excluding steroid dienone is 1. The maximum absolute atomic E-state index is 13.2. The summed E-state index contributed by atoms with van der Waals surface area (Å²) < 4.78 is 5.71.